The van der Waals surface area contributed by atoms with E-state index in [2.05, 4.69) is 48.5 Å². The molecule has 0 spiro atoms. The minimum Gasteiger partial charge on any atom is -0.344 e. The van der Waals surface area contributed by atoms with Gasteiger partial charge in [-0.3, -0.25) is 14.9 Å². The Kier molecular flexibility index (Phi) is 5.67. The summed E-state index contributed by atoms with van der Waals surface area (Å²) < 4.78 is 0. The lowest BCUT2D eigenvalue weighted by atomic mass is 9.87. The summed E-state index contributed by atoms with van der Waals surface area (Å²) in [4.78, 5) is 30.4. The third kappa shape index (κ3) is 4.54. The number of nitrogens with zero attached hydrogens (tertiary/aromatic N) is 1. The first-order valence-electron chi connectivity index (χ1n) is 10.5. The third-order valence-electron chi connectivity index (χ3n) is 5.67. The van der Waals surface area contributed by atoms with Gasteiger partial charge in [-0.05, 0) is 54.0 Å². The number of hydrogen-bond donors (Lipinski definition) is 2. The van der Waals surface area contributed by atoms with Crippen LogP contribution in [-0.2, 0) is 11.8 Å². The zero-order chi connectivity index (χ0) is 22.2. The van der Waals surface area contributed by atoms with Gasteiger partial charge >= 0.3 is 0 Å². The van der Waals surface area contributed by atoms with Gasteiger partial charge in [-0.25, -0.2) is 4.98 Å². The van der Waals surface area contributed by atoms with Gasteiger partial charge in [-0.15, -0.1) is 0 Å². The SMILES string of the molecule is Cc1nc(NC(=O)c2ccc(C(C)(C)C)cc2)sc1C(=O)NC1CCc2ccccc21. The molecule has 0 saturated carbocycles. The Morgan fingerprint density at radius 1 is 1.03 bits per heavy atom. The molecular weight excluding hydrogens is 406 g/mol. The van der Waals surface area contributed by atoms with Crippen LogP contribution in [0, 0.1) is 6.92 Å². The van der Waals surface area contributed by atoms with Crippen LogP contribution in [0.3, 0.4) is 0 Å². The Hall–Kier alpha value is -2.99. The number of carbonyl (C=O) groups is 2. The summed E-state index contributed by atoms with van der Waals surface area (Å²) in [6.07, 6.45) is 1.87. The van der Waals surface area contributed by atoms with Crippen LogP contribution in [0.2, 0.25) is 0 Å². The van der Waals surface area contributed by atoms with E-state index < -0.39 is 0 Å². The number of aromatic nitrogens is 1. The molecule has 0 fully saturated rings. The lowest BCUT2D eigenvalue weighted by Crippen LogP contribution is -2.26. The molecule has 6 heteroatoms. The highest BCUT2D eigenvalue weighted by atomic mass is 32.1. The molecule has 0 radical (unpaired) electrons. The van der Waals surface area contributed by atoms with Crippen molar-refractivity contribution in [2.75, 3.05) is 5.32 Å². The second-order valence-corrected chi connectivity index (χ2v) is 9.98. The number of benzene rings is 2. The fraction of sp³-hybridized carbons (Fsp3) is 0.320. The van der Waals surface area contributed by atoms with E-state index in [1.165, 1.54) is 28.0 Å². The lowest BCUT2D eigenvalue weighted by molar-refractivity contribution is 0.0939. The van der Waals surface area contributed by atoms with E-state index in [0.29, 0.717) is 21.3 Å². The van der Waals surface area contributed by atoms with Gasteiger partial charge in [0.05, 0.1) is 11.7 Å². The normalized spacial score (nSPS) is 15.4. The monoisotopic (exact) mass is 433 g/mol. The number of carbonyl (C=O) groups excluding carboxylic acids is 2. The second kappa shape index (κ2) is 8.27. The van der Waals surface area contributed by atoms with Crippen molar-refractivity contribution < 1.29 is 9.59 Å². The van der Waals surface area contributed by atoms with E-state index >= 15 is 0 Å². The average Bonchev–Trinajstić information content (AvgIpc) is 3.30. The minimum atomic E-state index is -0.231. The first kappa shape index (κ1) is 21.2. The highest BCUT2D eigenvalue weighted by molar-refractivity contribution is 7.17. The number of thiazole rings is 1. The first-order valence-corrected chi connectivity index (χ1v) is 11.3. The van der Waals surface area contributed by atoms with Crippen molar-refractivity contribution in [2.24, 2.45) is 0 Å². The van der Waals surface area contributed by atoms with Gasteiger partial charge < -0.3 is 5.32 Å². The maximum atomic E-state index is 12.9. The summed E-state index contributed by atoms with van der Waals surface area (Å²) in [5, 5.41) is 6.39. The summed E-state index contributed by atoms with van der Waals surface area (Å²) in [6, 6.07) is 15.8. The highest BCUT2D eigenvalue weighted by Crippen LogP contribution is 2.32. The molecule has 1 atom stereocenters. The highest BCUT2D eigenvalue weighted by Gasteiger charge is 2.26. The van der Waals surface area contributed by atoms with Crippen molar-refractivity contribution in [2.45, 2.75) is 52.0 Å². The summed E-state index contributed by atoms with van der Waals surface area (Å²) in [7, 11) is 0. The van der Waals surface area contributed by atoms with E-state index in [0.717, 1.165) is 12.8 Å². The van der Waals surface area contributed by atoms with Crippen LogP contribution in [0.4, 0.5) is 5.13 Å². The number of aryl methyl sites for hydroxylation is 2. The molecule has 160 valence electrons. The van der Waals surface area contributed by atoms with Crippen LogP contribution in [0.25, 0.3) is 0 Å². The van der Waals surface area contributed by atoms with Crippen LogP contribution < -0.4 is 10.6 Å². The van der Waals surface area contributed by atoms with Gasteiger partial charge in [0.25, 0.3) is 11.8 Å². The van der Waals surface area contributed by atoms with Crippen LogP contribution in [0.15, 0.2) is 48.5 Å². The van der Waals surface area contributed by atoms with Gasteiger partial charge in [0.15, 0.2) is 5.13 Å². The van der Waals surface area contributed by atoms with Crippen LogP contribution in [0.5, 0.6) is 0 Å². The van der Waals surface area contributed by atoms with Crippen LogP contribution in [-0.4, -0.2) is 16.8 Å². The molecule has 2 aromatic carbocycles. The molecule has 0 saturated heterocycles. The molecule has 5 nitrogen and oxygen atoms in total. The number of fused-ring (bicyclic) bond motifs is 1. The summed E-state index contributed by atoms with van der Waals surface area (Å²) in [5.74, 6) is -0.377. The molecule has 4 rings (SSSR count). The summed E-state index contributed by atoms with van der Waals surface area (Å²) in [6.45, 7) is 8.20. The molecule has 1 unspecified atom stereocenters. The Morgan fingerprint density at radius 2 is 1.74 bits per heavy atom. The smallest absolute Gasteiger partial charge is 0.263 e. The molecule has 31 heavy (non-hydrogen) atoms. The largest absolute Gasteiger partial charge is 0.344 e. The number of anilines is 1. The number of rotatable bonds is 4. The zero-order valence-electron chi connectivity index (χ0n) is 18.3. The Morgan fingerprint density at radius 3 is 2.45 bits per heavy atom. The molecule has 2 N–H and O–H groups in total. The fourth-order valence-electron chi connectivity index (χ4n) is 3.88. The number of nitrogens with one attached hydrogen (secondary N) is 2. The number of amides is 2. The first-order chi connectivity index (χ1) is 14.7. The van der Waals surface area contributed by atoms with E-state index in [1.807, 2.05) is 36.4 Å². The predicted molar refractivity (Wildman–Crippen MR) is 125 cm³/mol. The van der Waals surface area contributed by atoms with Crippen LogP contribution in [0.1, 0.15) is 75.6 Å². The number of hydrogen-bond acceptors (Lipinski definition) is 4. The fourth-order valence-corrected chi connectivity index (χ4v) is 4.75. The van der Waals surface area contributed by atoms with Gasteiger partial charge in [0.1, 0.15) is 4.88 Å². The van der Waals surface area contributed by atoms with Crippen molar-refractivity contribution >= 4 is 28.3 Å². The van der Waals surface area contributed by atoms with Gasteiger partial charge in [0, 0.05) is 5.56 Å². The molecule has 1 heterocycles. The van der Waals surface area contributed by atoms with Crippen molar-refractivity contribution in [3.63, 3.8) is 0 Å². The standard InChI is InChI=1S/C25H27N3O2S/c1-15-21(23(30)27-20-14-11-16-7-5-6-8-19(16)20)31-24(26-15)28-22(29)17-9-12-18(13-10-17)25(2,3)4/h5-10,12-13,20H,11,14H2,1-4H3,(H,27,30)(H,26,28,29). The van der Waals surface area contributed by atoms with Crippen molar-refractivity contribution in [3.05, 3.63) is 81.4 Å². The van der Waals surface area contributed by atoms with E-state index in [4.69, 9.17) is 0 Å². The van der Waals surface area contributed by atoms with Crippen molar-refractivity contribution in [1.29, 1.82) is 0 Å². The Bertz CT molecular complexity index is 1130. The average molecular weight is 434 g/mol. The summed E-state index contributed by atoms with van der Waals surface area (Å²) in [5.41, 5.74) is 4.86. The molecule has 0 bridgehead atoms. The lowest BCUT2D eigenvalue weighted by Gasteiger charge is -2.18. The molecule has 3 aromatic rings. The minimum absolute atomic E-state index is 0.0181. The van der Waals surface area contributed by atoms with Gasteiger partial charge in [0.2, 0.25) is 0 Å². The Labute approximate surface area is 186 Å². The van der Waals surface area contributed by atoms with E-state index in [1.54, 1.807) is 6.92 Å². The predicted octanol–water partition coefficient (Wildman–Crippen LogP) is 5.42. The van der Waals surface area contributed by atoms with Crippen molar-refractivity contribution in [3.8, 4) is 0 Å². The van der Waals surface area contributed by atoms with Crippen LogP contribution >= 0.6 is 11.3 Å². The maximum Gasteiger partial charge on any atom is 0.263 e. The van der Waals surface area contributed by atoms with Gasteiger partial charge in [-0.1, -0.05) is 68.5 Å². The Balaban J connectivity index is 1.44. The summed E-state index contributed by atoms with van der Waals surface area (Å²) >= 11 is 1.21. The maximum absolute atomic E-state index is 12.9. The molecule has 1 aliphatic carbocycles. The topological polar surface area (TPSA) is 71.1 Å². The second-order valence-electron chi connectivity index (χ2n) is 8.98. The zero-order valence-corrected chi connectivity index (χ0v) is 19.1. The molecule has 1 aromatic heterocycles. The van der Waals surface area contributed by atoms with Gasteiger partial charge in [-0.2, -0.15) is 0 Å². The third-order valence-corrected chi connectivity index (χ3v) is 6.75. The molecule has 0 aliphatic heterocycles. The van der Waals surface area contributed by atoms with E-state index in [-0.39, 0.29) is 23.3 Å². The quantitative estimate of drug-likeness (QED) is 0.577. The molecule has 1 aliphatic rings. The van der Waals surface area contributed by atoms with E-state index in [9.17, 15) is 9.59 Å². The van der Waals surface area contributed by atoms with Crippen molar-refractivity contribution in [1.82, 2.24) is 10.3 Å². The molecule has 2 amide bonds. The molecular formula is C25H27N3O2S.